The van der Waals surface area contributed by atoms with Crippen LogP contribution in [0.3, 0.4) is 0 Å². The van der Waals surface area contributed by atoms with Crippen LogP contribution in [0.2, 0.25) is 0 Å². The minimum atomic E-state index is -0.506. The summed E-state index contributed by atoms with van der Waals surface area (Å²) >= 11 is 0. The summed E-state index contributed by atoms with van der Waals surface area (Å²) in [4.78, 5) is 0. The van der Waals surface area contributed by atoms with Crippen molar-refractivity contribution in [3.05, 3.63) is 182 Å². The molecule has 0 saturated carbocycles. The summed E-state index contributed by atoms with van der Waals surface area (Å²) in [5, 5.41) is 8.84. The SMILES string of the molecule is c1ccc(P(CB(CP(c2ccccc2)c2ccccc2)CP(c2ccccc2)c2ccccc2)c2ccccc2)cc1. The first kappa shape index (κ1) is 29.7. The lowest BCUT2D eigenvalue weighted by molar-refractivity contribution is 1.68. The average Bonchev–Trinajstić information content (AvgIpc) is 3.10. The van der Waals surface area contributed by atoms with Crippen LogP contribution in [-0.4, -0.2) is 24.9 Å². The minimum Gasteiger partial charge on any atom is -0.0622 e. The van der Waals surface area contributed by atoms with Gasteiger partial charge in [0.2, 0.25) is 0 Å². The lowest BCUT2D eigenvalue weighted by Crippen LogP contribution is -2.36. The maximum atomic E-state index is 2.35. The summed E-state index contributed by atoms with van der Waals surface area (Å²) in [6.07, 6.45) is 0. The molecule has 0 unspecified atom stereocenters. The molecule has 0 nitrogen and oxygen atoms in total. The molecule has 0 bridgehead atoms. The van der Waals surface area contributed by atoms with Gasteiger partial charge in [0.1, 0.15) is 0 Å². The zero-order chi connectivity index (χ0) is 29.1. The zero-order valence-corrected chi connectivity index (χ0v) is 27.0. The molecule has 0 radical (unpaired) electrons. The second-order valence-electron chi connectivity index (χ2n) is 10.7. The monoisotopic (exact) mass is 608 g/mol. The van der Waals surface area contributed by atoms with Gasteiger partial charge in [0.15, 0.2) is 6.71 Å². The molecule has 0 N–H and O–H groups in total. The van der Waals surface area contributed by atoms with E-state index in [2.05, 4.69) is 182 Å². The molecule has 210 valence electrons. The van der Waals surface area contributed by atoms with E-state index in [1.165, 1.54) is 50.0 Å². The Morgan fingerprint density at radius 1 is 0.256 bits per heavy atom. The van der Waals surface area contributed by atoms with E-state index in [-0.39, 0.29) is 0 Å². The van der Waals surface area contributed by atoms with Gasteiger partial charge in [-0.25, -0.2) is 0 Å². The van der Waals surface area contributed by atoms with Crippen molar-refractivity contribution in [3.63, 3.8) is 0 Å². The number of hydrogen-bond donors (Lipinski definition) is 0. The Morgan fingerprint density at radius 3 is 0.581 bits per heavy atom. The van der Waals surface area contributed by atoms with Crippen molar-refractivity contribution in [2.75, 3.05) is 18.2 Å². The molecule has 6 aromatic carbocycles. The number of benzene rings is 6. The Labute approximate surface area is 261 Å². The maximum Gasteiger partial charge on any atom is 0.155 e. The fourth-order valence-corrected chi connectivity index (χ4v) is 14.0. The molecular formula is C39H36BP3. The summed E-state index contributed by atoms with van der Waals surface area (Å²) in [6.45, 7) is 0.546. The van der Waals surface area contributed by atoms with Crippen molar-refractivity contribution in [2.24, 2.45) is 0 Å². The van der Waals surface area contributed by atoms with E-state index in [1.807, 2.05) is 0 Å². The highest BCUT2D eigenvalue weighted by Crippen LogP contribution is 2.43. The van der Waals surface area contributed by atoms with E-state index < -0.39 is 23.8 Å². The van der Waals surface area contributed by atoms with Crippen LogP contribution < -0.4 is 31.8 Å². The fraction of sp³-hybridized carbons (Fsp3) is 0.0769. The van der Waals surface area contributed by atoms with E-state index in [1.54, 1.807) is 0 Å². The molecule has 0 aromatic heterocycles. The van der Waals surface area contributed by atoms with Crippen LogP contribution in [0.25, 0.3) is 0 Å². The zero-order valence-electron chi connectivity index (χ0n) is 24.4. The van der Waals surface area contributed by atoms with E-state index in [9.17, 15) is 0 Å². The van der Waals surface area contributed by atoms with E-state index in [4.69, 9.17) is 0 Å². The van der Waals surface area contributed by atoms with Crippen LogP contribution in [0.5, 0.6) is 0 Å². The molecule has 0 saturated heterocycles. The van der Waals surface area contributed by atoms with Gasteiger partial charge < -0.3 is 0 Å². The predicted octanol–water partition coefficient (Wildman–Crippen LogP) is 7.50. The van der Waals surface area contributed by atoms with Crippen molar-refractivity contribution in [3.8, 4) is 0 Å². The van der Waals surface area contributed by atoms with Crippen molar-refractivity contribution in [1.29, 1.82) is 0 Å². The van der Waals surface area contributed by atoms with Crippen molar-refractivity contribution < 1.29 is 0 Å². The van der Waals surface area contributed by atoms with Gasteiger partial charge in [0.25, 0.3) is 0 Å². The third-order valence-electron chi connectivity index (χ3n) is 7.73. The molecule has 43 heavy (non-hydrogen) atoms. The third-order valence-corrected chi connectivity index (χ3v) is 15.9. The maximum absolute atomic E-state index is 2.35. The summed E-state index contributed by atoms with van der Waals surface area (Å²) < 4.78 is 0. The second-order valence-corrected chi connectivity index (χ2v) is 17.5. The first-order chi connectivity index (χ1) is 21.3. The summed E-state index contributed by atoms with van der Waals surface area (Å²) in [6, 6.07) is 71.2. The van der Waals surface area contributed by atoms with Gasteiger partial charge in [-0.05, 0) is 50.0 Å². The molecular weight excluding hydrogens is 572 g/mol. The highest BCUT2D eigenvalue weighted by Gasteiger charge is 2.30. The number of rotatable bonds is 12. The summed E-state index contributed by atoms with van der Waals surface area (Å²) in [5.41, 5.74) is 0. The van der Waals surface area contributed by atoms with E-state index >= 15 is 0 Å². The van der Waals surface area contributed by atoms with Crippen LogP contribution in [0.1, 0.15) is 0 Å². The lowest BCUT2D eigenvalue weighted by Gasteiger charge is -2.30. The lowest BCUT2D eigenvalue weighted by atomic mass is 9.56. The van der Waals surface area contributed by atoms with Crippen molar-refractivity contribution in [2.45, 2.75) is 0 Å². The minimum absolute atomic E-state index is 0.506. The molecule has 0 fully saturated rings. The molecule has 0 aliphatic rings. The van der Waals surface area contributed by atoms with Crippen LogP contribution in [0, 0.1) is 0 Å². The predicted molar refractivity (Wildman–Crippen MR) is 198 cm³/mol. The quantitative estimate of drug-likeness (QED) is 0.0998. The molecule has 4 heteroatoms. The largest absolute Gasteiger partial charge is 0.155 e. The Balaban J connectivity index is 1.43. The average molecular weight is 608 g/mol. The summed E-state index contributed by atoms with van der Waals surface area (Å²) in [5.74, 6) is 0. The van der Waals surface area contributed by atoms with E-state index in [0.717, 1.165) is 0 Å². The highest BCUT2D eigenvalue weighted by atomic mass is 31.1. The summed E-state index contributed by atoms with van der Waals surface area (Å²) in [7, 11) is -1.52. The van der Waals surface area contributed by atoms with Crippen LogP contribution in [0.4, 0.5) is 0 Å². The van der Waals surface area contributed by atoms with Crippen molar-refractivity contribution in [1.82, 2.24) is 0 Å². The molecule has 6 aromatic rings. The number of hydrogen-bond acceptors (Lipinski definition) is 0. The molecule has 0 amide bonds. The molecule has 0 spiro atoms. The molecule has 0 heterocycles. The molecule has 0 aliphatic carbocycles. The second kappa shape index (κ2) is 15.4. The Kier molecular flexibility index (Phi) is 10.7. The Bertz CT molecular complexity index is 1310. The molecule has 6 rings (SSSR count). The fourth-order valence-electron chi connectivity index (χ4n) is 5.68. The van der Waals surface area contributed by atoms with Crippen LogP contribution >= 0.6 is 23.8 Å². The van der Waals surface area contributed by atoms with Gasteiger partial charge in [-0.2, -0.15) is 0 Å². The first-order valence-corrected chi connectivity index (χ1v) is 19.6. The van der Waals surface area contributed by atoms with Gasteiger partial charge in [-0.15, -0.1) is 0 Å². The van der Waals surface area contributed by atoms with E-state index in [0.29, 0.717) is 6.71 Å². The Hall–Kier alpha value is -3.33. The van der Waals surface area contributed by atoms with Gasteiger partial charge in [0.05, 0.1) is 0 Å². The standard InChI is InChI=1S/C39H36BP3/c1-7-19-34(20-8-1)41(35-21-9-2-10-22-35)31-40(32-42(36-23-11-3-12-24-36)37-25-13-4-14-26-37)33-43(38-27-15-5-16-28-38)39-29-17-6-18-30-39/h1-30H,31-33H2. The normalized spacial score (nSPS) is 11.2. The third kappa shape index (κ3) is 7.99. The van der Waals surface area contributed by atoms with Crippen LogP contribution in [-0.2, 0) is 0 Å². The van der Waals surface area contributed by atoms with Crippen molar-refractivity contribution >= 4 is 62.3 Å². The topological polar surface area (TPSA) is 0 Å². The molecule has 0 aliphatic heterocycles. The smallest absolute Gasteiger partial charge is 0.0622 e. The van der Waals surface area contributed by atoms with Gasteiger partial charge in [0, 0.05) is 0 Å². The van der Waals surface area contributed by atoms with Crippen LogP contribution in [0.15, 0.2) is 182 Å². The van der Waals surface area contributed by atoms with Gasteiger partial charge in [-0.3, -0.25) is 0 Å². The van der Waals surface area contributed by atoms with Gasteiger partial charge in [-0.1, -0.05) is 206 Å². The Morgan fingerprint density at radius 2 is 0.419 bits per heavy atom. The first-order valence-electron chi connectivity index (χ1n) is 15.0. The molecule has 0 atom stereocenters. The highest BCUT2D eigenvalue weighted by molar-refractivity contribution is 7.79. The van der Waals surface area contributed by atoms with Gasteiger partial charge >= 0.3 is 0 Å².